The summed E-state index contributed by atoms with van der Waals surface area (Å²) >= 11 is 0. The van der Waals surface area contributed by atoms with Crippen molar-refractivity contribution in [1.82, 2.24) is 9.88 Å². The van der Waals surface area contributed by atoms with Crippen molar-refractivity contribution in [2.45, 2.75) is 20.3 Å². The van der Waals surface area contributed by atoms with Crippen molar-refractivity contribution in [2.75, 3.05) is 26.3 Å². The number of carboxylic acids is 1. The Morgan fingerprint density at radius 3 is 2.88 bits per heavy atom. The van der Waals surface area contributed by atoms with Gasteiger partial charge >= 0.3 is 5.97 Å². The van der Waals surface area contributed by atoms with Gasteiger partial charge in [-0.15, -0.1) is 0 Å². The number of hydrogen-bond donors (Lipinski definition) is 2. The normalized spacial score (nSPS) is 26.0. The molecule has 2 saturated heterocycles. The Bertz CT molecular complexity index is 872. The highest BCUT2D eigenvalue weighted by molar-refractivity contribution is 6.07. The number of carbonyl (C=O) groups excluding carboxylic acids is 1. The summed E-state index contributed by atoms with van der Waals surface area (Å²) in [5.74, 6) is -1.07. The van der Waals surface area contributed by atoms with Gasteiger partial charge in [0.25, 0.3) is 5.91 Å². The number of rotatable bonds is 2. The summed E-state index contributed by atoms with van der Waals surface area (Å²) < 4.78 is 5.47. The Balaban J connectivity index is 1.71. The second-order valence-corrected chi connectivity index (χ2v) is 7.27. The fraction of sp³-hybridized carbons (Fsp3) is 0.474. The Morgan fingerprint density at radius 2 is 2.16 bits per heavy atom. The molecule has 6 heteroatoms. The van der Waals surface area contributed by atoms with E-state index < -0.39 is 11.4 Å². The number of benzene rings is 1. The van der Waals surface area contributed by atoms with Crippen molar-refractivity contribution in [1.29, 1.82) is 0 Å². The first kappa shape index (κ1) is 16.1. The van der Waals surface area contributed by atoms with E-state index in [0.717, 1.165) is 22.2 Å². The highest BCUT2D eigenvalue weighted by atomic mass is 16.5. The molecule has 2 aliphatic heterocycles. The average molecular weight is 342 g/mol. The van der Waals surface area contributed by atoms with Crippen LogP contribution in [0, 0.1) is 25.2 Å². The number of H-pyrrole nitrogens is 1. The number of nitrogens with zero attached hydrogens (tertiary/aromatic N) is 1. The lowest BCUT2D eigenvalue weighted by Crippen LogP contribution is -2.45. The second kappa shape index (κ2) is 5.59. The van der Waals surface area contributed by atoms with Crippen LogP contribution < -0.4 is 0 Å². The van der Waals surface area contributed by atoms with Gasteiger partial charge < -0.3 is 19.7 Å². The van der Waals surface area contributed by atoms with Crippen molar-refractivity contribution < 1.29 is 19.4 Å². The van der Waals surface area contributed by atoms with Gasteiger partial charge in [0.2, 0.25) is 0 Å². The number of likely N-dealkylation sites (tertiary alicyclic amines) is 1. The number of ether oxygens (including phenoxy) is 1. The molecule has 2 aliphatic rings. The number of aromatic nitrogens is 1. The predicted molar refractivity (Wildman–Crippen MR) is 92.7 cm³/mol. The third-order valence-corrected chi connectivity index (χ3v) is 5.99. The molecule has 3 heterocycles. The molecule has 1 aromatic carbocycles. The maximum atomic E-state index is 13.2. The average Bonchev–Trinajstić information content (AvgIpc) is 3.14. The van der Waals surface area contributed by atoms with E-state index in [1.165, 1.54) is 0 Å². The lowest BCUT2D eigenvalue weighted by Gasteiger charge is -2.33. The Hall–Kier alpha value is -2.34. The molecule has 0 radical (unpaired) electrons. The molecule has 2 aromatic rings. The minimum atomic E-state index is -0.872. The molecule has 0 bridgehead atoms. The molecule has 1 aromatic heterocycles. The van der Waals surface area contributed by atoms with Gasteiger partial charge in [-0.05, 0) is 31.9 Å². The number of aliphatic carboxylic acids is 1. The number of aromatic amines is 1. The smallest absolute Gasteiger partial charge is 0.311 e. The predicted octanol–water partition coefficient (Wildman–Crippen LogP) is 2.35. The molecule has 0 aliphatic carbocycles. The van der Waals surface area contributed by atoms with E-state index in [1.54, 1.807) is 4.90 Å². The fourth-order valence-corrected chi connectivity index (χ4v) is 4.29. The number of hydrogen-bond acceptors (Lipinski definition) is 3. The molecule has 132 valence electrons. The molecule has 6 nitrogen and oxygen atoms in total. The van der Waals surface area contributed by atoms with Crippen molar-refractivity contribution in [3.63, 3.8) is 0 Å². The molecule has 2 N–H and O–H groups in total. The van der Waals surface area contributed by atoms with Gasteiger partial charge in [0, 0.05) is 36.7 Å². The molecule has 25 heavy (non-hydrogen) atoms. The van der Waals surface area contributed by atoms with Crippen LogP contribution in [-0.4, -0.2) is 53.2 Å². The van der Waals surface area contributed by atoms with Gasteiger partial charge in [-0.25, -0.2) is 0 Å². The zero-order chi connectivity index (χ0) is 17.8. The summed E-state index contributed by atoms with van der Waals surface area (Å²) in [4.78, 5) is 30.1. The van der Waals surface area contributed by atoms with Gasteiger partial charge in [0.05, 0.1) is 23.1 Å². The standard InChI is InChI=1S/C19H22N2O4/c1-11-12(2)20-16-14(11)4-3-5-15(16)17(22)21-8-13-9-25-7-6-19(13,10-21)18(23)24/h3-5,13,20H,6-10H2,1-2H3,(H,23,24)/t13-,19+/m0/s1. The van der Waals surface area contributed by atoms with Crippen LogP contribution in [0.15, 0.2) is 18.2 Å². The quantitative estimate of drug-likeness (QED) is 0.878. The number of amides is 1. The van der Waals surface area contributed by atoms with Gasteiger partial charge in [0.15, 0.2) is 0 Å². The first-order chi connectivity index (χ1) is 11.9. The number of para-hydroxylation sites is 1. The number of fused-ring (bicyclic) bond motifs is 2. The van der Waals surface area contributed by atoms with Gasteiger partial charge in [-0.2, -0.15) is 0 Å². The molecular weight excluding hydrogens is 320 g/mol. The highest BCUT2D eigenvalue weighted by Crippen LogP contribution is 2.43. The molecule has 2 atom stereocenters. The van der Waals surface area contributed by atoms with Crippen LogP contribution in [0.2, 0.25) is 0 Å². The molecule has 0 spiro atoms. The Kier molecular flexibility index (Phi) is 3.61. The number of carboxylic acid groups (broad SMARTS) is 1. The van der Waals surface area contributed by atoms with Gasteiger partial charge in [0.1, 0.15) is 0 Å². The fourth-order valence-electron chi connectivity index (χ4n) is 4.29. The van der Waals surface area contributed by atoms with E-state index in [2.05, 4.69) is 4.98 Å². The summed E-state index contributed by atoms with van der Waals surface area (Å²) in [6.07, 6.45) is 0.460. The van der Waals surface area contributed by atoms with Crippen LogP contribution in [0.5, 0.6) is 0 Å². The van der Waals surface area contributed by atoms with Crippen LogP contribution in [0.4, 0.5) is 0 Å². The molecule has 1 amide bonds. The van der Waals surface area contributed by atoms with Crippen LogP contribution in [0.25, 0.3) is 10.9 Å². The van der Waals surface area contributed by atoms with Gasteiger partial charge in [-0.1, -0.05) is 12.1 Å². The van der Waals surface area contributed by atoms with Crippen molar-refractivity contribution >= 4 is 22.8 Å². The zero-order valence-electron chi connectivity index (χ0n) is 14.5. The topological polar surface area (TPSA) is 82.6 Å². The first-order valence-corrected chi connectivity index (χ1v) is 8.62. The minimum Gasteiger partial charge on any atom is -0.481 e. The summed E-state index contributed by atoms with van der Waals surface area (Å²) in [5, 5.41) is 10.8. The van der Waals surface area contributed by atoms with E-state index in [1.807, 2.05) is 32.0 Å². The molecule has 0 unspecified atom stereocenters. The van der Waals surface area contributed by atoms with Crippen LogP contribution in [0.1, 0.15) is 28.0 Å². The maximum Gasteiger partial charge on any atom is 0.311 e. The summed E-state index contributed by atoms with van der Waals surface area (Å²) in [6.45, 7) is 5.55. The van der Waals surface area contributed by atoms with Crippen molar-refractivity contribution in [2.24, 2.45) is 11.3 Å². The second-order valence-electron chi connectivity index (χ2n) is 7.27. The highest BCUT2D eigenvalue weighted by Gasteiger charge is 2.55. The molecule has 2 fully saturated rings. The molecule has 0 saturated carbocycles. The number of nitrogens with one attached hydrogen (secondary N) is 1. The summed E-state index contributed by atoms with van der Waals surface area (Å²) in [7, 11) is 0. The van der Waals surface area contributed by atoms with E-state index in [4.69, 9.17) is 4.74 Å². The zero-order valence-corrected chi connectivity index (χ0v) is 14.5. The van der Waals surface area contributed by atoms with Crippen molar-refractivity contribution in [3.8, 4) is 0 Å². The maximum absolute atomic E-state index is 13.2. The largest absolute Gasteiger partial charge is 0.481 e. The Morgan fingerprint density at radius 1 is 1.36 bits per heavy atom. The SMILES string of the molecule is Cc1[nH]c2c(C(=O)N3C[C@H]4COCC[C@@]4(C(=O)O)C3)cccc2c1C. The van der Waals surface area contributed by atoms with Crippen molar-refractivity contribution in [3.05, 3.63) is 35.0 Å². The van der Waals surface area contributed by atoms with Crippen LogP contribution >= 0.6 is 0 Å². The monoisotopic (exact) mass is 342 g/mol. The lowest BCUT2D eigenvalue weighted by atomic mass is 9.74. The van der Waals surface area contributed by atoms with E-state index in [0.29, 0.717) is 31.7 Å². The lowest BCUT2D eigenvalue weighted by molar-refractivity contribution is -0.157. The Labute approximate surface area is 145 Å². The van der Waals surface area contributed by atoms with E-state index >= 15 is 0 Å². The third kappa shape index (κ3) is 2.28. The summed E-state index contributed by atoms with van der Waals surface area (Å²) in [5.41, 5.74) is 2.74. The molecule has 4 rings (SSSR count). The van der Waals surface area contributed by atoms with E-state index in [9.17, 15) is 14.7 Å². The molecular formula is C19H22N2O4. The first-order valence-electron chi connectivity index (χ1n) is 8.62. The summed E-state index contributed by atoms with van der Waals surface area (Å²) in [6, 6.07) is 5.70. The number of carbonyl (C=O) groups is 2. The van der Waals surface area contributed by atoms with Crippen LogP contribution in [-0.2, 0) is 9.53 Å². The number of aryl methyl sites for hydroxylation is 2. The van der Waals surface area contributed by atoms with Crippen LogP contribution in [0.3, 0.4) is 0 Å². The van der Waals surface area contributed by atoms with Gasteiger partial charge in [-0.3, -0.25) is 9.59 Å². The van der Waals surface area contributed by atoms with E-state index in [-0.39, 0.29) is 18.4 Å². The minimum absolute atomic E-state index is 0.109. The third-order valence-electron chi connectivity index (χ3n) is 5.99.